The molecule has 0 atom stereocenters. The molecule has 0 aliphatic heterocycles. The van der Waals surface area contributed by atoms with Crippen LogP contribution in [0.1, 0.15) is 19.8 Å². The fraction of sp³-hybridized carbons (Fsp3) is 0.545. The average molecular weight is 254 g/mol. The van der Waals surface area contributed by atoms with E-state index in [1.807, 2.05) is 6.92 Å². The molecule has 1 heterocycles. The quantitative estimate of drug-likeness (QED) is 0.370. The summed E-state index contributed by atoms with van der Waals surface area (Å²) in [5, 5.41) is 25.4. The summed E-state index contributed by atoms with van der Waals surface area (Å²) >= 11 is 0. The Kier molecular flexibility index (Phi) is 5.86. The second kappa shape index (κ2) is 7.44. The Bertz CT molecular complexity index is 398. The molecule has 7 nitrogen and oxygen atoms in total. The fourth-order valence-electron chi connectivity index (χ4n) is 1.44. The molecule has 18 heavy (non-hydrogen) atoms. The first-order valence-electron chi connectivity index (χ1n) is 5.92. The summed E-state index contributed by atoms with van der Waals surface area (Å²) < 4.78 is 0. The molecule has 100 valence electrons. The van der Waals surface area contributed by atoms with E-state index >= 15 is 0 Å². The molecule has 1 aromatic rings. The Labute approximate surface area is 105 Å². The zero-order valence-electron chi connectivity index (χ0n) is 10.3. The normalized spacial score (nSPS) is 10.1. The van der Waals surface area contributed by atoms with Gasteiger partial charge in [-0.05, 0) is 19.8 Å². The zero-order valence-corrected chi connectivity index (χ0v) is 10.3. The largest absolute Gasteiger partial charge is 0.396 e. The molecule has 0 bridgehead atoms. The summed E-state index contributed by atoms with van der Waals surface area (Å²) in [6.07, 6.45) is 1.49. The summed E-state index contributed by atoms with van der Waals surface area (Å²) in [4.78, 5) is 14.5. The number of nitrogens with zero attached hydrogens (tertiary/aromatic N) is 2. The van der Waals surface area contributed by atoms with E-state index in [0.717, 1.165) is 6.42 Å². The first-order valence-corrected chi connectivity index (χ1v) is 5.92. The van der Waals surface area contributed by atoms with Crippen LogP contribution in [0.2, 0.25) is 0 Å². The molecule has 0 aliphatic carbocycles. The maximum Gasteiger partial charge on any atom is 0.276 e. The van der Waals surface area contributed by atoms with Gasteiger partial charge in [0, 0.05) is 19.7 Å². The SMILES string of the molecule is CCNc1cc([N+](=O)[O-])cc(NCCCCO)n1. The van der Waals surface area contributed by atoms with Gasteiger partial charge in [-0.3, -0.25) is 10.1 Å². The maximum absolute atomic E-state index is 10.8. The summed E-state index contributed by atoms with van der Waals surface area (Å²) in [5.41, 5.74) is 0.00519. The van der Waals surface area contributed by atoms with Gasteiger partial charge in [0.1, 0.15) is 11.6 Å². The van der Waals surface area contributed by atoms with Gasteiger partial charge in [0.2, 0.25) is 0 Å². The van der Waals surface area contributed by atoms with E-state index in [1.165, 1.54) is 12.1 Å². The summed E-state index contributed by atoms with van der Waals surface area (Å²) in [7, 11) is 0. The third kappa shape index (κ3) is 4.54. The molecule has 0 spiro atoms. The van der Waals surface area contributed by atoms with Crippen LogP contribution >= 0.6 is 0 Å². The molecule has 0 saturated heterocycles. The first kappa shape index (κ1) is 14.2. The van der Waals surface area contributed by atoms with Crippen LogP contribution < -0.4 is 10.6 Å². The molecule has 0 amide bonds. The van der Waals surface area contributed by atoms with Gasteiger partial charge in [-0.25, -0.2) is 4.98 Å². The topological polar surface area (TPSA) is 100 Å². The number of hydrogen-bond acceptors (Lipinski definition) is 6. The third-order valence-electron chi connectivity index (χ3n) is 2.27. The lowest BCUT2D eigenvalue weighted by molar-refractivity contribution is -0.384. The van der Waals surface area contributed by atoms with Crippen LogP contribution in [0.5, 0.6) is 0 Å². The van der Waals surface area contributed by atoms with Gasteiger partial charge in [0.05, 0.1) is 17.1 Å². The van der Waals surface area contributed by atoms with E-state index in [2.05, 4.69) is 15.6 Å². The van der Waals surface area contributed by atoms with Gasteiger partial charge >= 0.3 is 0 Å². The number of rotatable bonds is 8. The van der Waals surface area contributed by atoms with Gasteiger partial charge in [-0.1, -0.05) is 0 Å². The molecular weight excluding hydrogens is 236 g/mol. The lowest BCUT2D eigenvalue weighted by Gasteiger charge is -2.08. The van der Waals surface area contributed by atoms with Gasteiger partial charge < -0.3 is 15.7 Å². The Balaban J connectivity index is 2.72. The van der Waals surface area contributed by atoms with Crippen molar-refractivity contribution in [2.24, 2.45) is 0 Å². The van der Waals surface area contributed by atoms with Crippen molar-refractivity contribution >= 4 is 17.3 Å². The molecular formula is C11H18N4O3. The Hall–Kier alpha value is -1.89. The number of anilines is 2. The third-order valence-corrected chi connectivity index (χ3v) is 2.27. The average Bonchev–Trinajstić information content (AvgIpc) is 2.35. The van der Waals surface area contributed by atoms with Gasteiger partial charge in [-0.15, -0.1) is 0 Å². The van der Waals surface area contributed by atoms with Crippen molar-refractivity contribution in [2.45, 2.75) is 19.8 Å². The number of pyridine rings is 1. The summed E-state index contributed by atoms with van der Waals surface area (Å²) in [5.74, 6) is 0.953. The molecule has 0 saturated carbocycles. The van der Waals surface area contributed by atoms with Crippen molar-refractivity contribution in [3.63, 3.8) is 0 Å². The second-order valence-electron chi connectivity index (χ2n) is 3.74. The van der Waals surface area contributed by atoms with Gasteiger partial charge in [0.25, 0.3) is 5.69 Å². The first-order chi connectivity index (χ1) is 8.67. The highest BCUT2D eigenvalue weighted by Gasteiger charge is 2.10. The van der Waals surface area contributed by atoms with Gasteiger partial charge in [0.15, 0.2) is 0 Å². The lowest BCUT2D eigenvalue weighted by Crippen LogP contribution is -2.07. The molecule has 0 fully saturated rings. The Morgan fingerprint density at radius 1 is 1.33 bits per heavy atom. The van der Waals surface area contributed by atoms with E-state index in [-0.39, 0.29) is 12.3 Å². The minimum absolute atomic E-state index is 0.00519. The molecule has 3 N–H and O–H groups in total. The van der Waals surface area contributed by atoms with Gasteiger partial charge in [-0.2, -0.15) is 0 Å². The number of hydrogen-bond donors (Lipinski definition) is 3. The second-order valence-corrected chi connectivity index (χ2v) is 3.74. The van der Waals surface area contributed by atoms with E-state index in [0.29, 0.717) is 31.1 Å². The number of nitro groups is 1. The molecule has 0 aliphatic rings. The highest BCUT2D eigenvalue weighted by Crippen LogP contribution is 2.20. The van der Waals surface area contributed by atoms with Crippen LogP contribution in [0.15, 0.2) is 12.1 Å². The number of aliphatic hydroxyl groups is 1. The highest BCUT2D eigenvalue weighted by atomic mass is 16.6. The van der Waals surface area contributed by atoms with Crippen LogP contribution in [-0.4, -0.2) is 34.7 Å². The summed E-state index contributed by atoms with van der Waals surface area (Å²) in [6, 6.07) is 2.81. The van der Waals surface area contributed by atoms with Crippen molar-refractivity contribution in [3.05, 3.63) is 22.2 Å². The van der Waals surface area contributed by atoms with Crippen molar-refractivity contribution in [3.8, 4) is 0 Å². The van der Waals surface area contributed by atoms with E-state index < -0.39 is 4.92 Å². The standard InChI is InChI=1S/C11H18N4O3/c1-2-12-10-7-9(15(17)18)8-11(14-10)13-5-3-4-6-16/h7-8,16H,2-6H2,1H3,(H2,12,13,14). The minimum atomic E-state index is -0.443. The molecule has 1 rings (SSSR count). The molecule has 7 heteroatoms. The molecule has 0 unspecified atom stereocenters. The molecule has 0 aromatic carbocycles. The number of unbranched alkanes of at least 4 members (excludes halogenated alkanes) is 1. The Morgan fingerprint density at radius 2 is 2.00 bits per heavy atom. The van der Waals surface area contributed by atoms with E-state index in [4.69, 9.17) is 5.11 Å². The van der Waals surface area contributed by atoms with Crippen molar-refractivity contribution in [2.75, 3.05) is 30.3 Å². The smallest absolute Gasteiger partial charge is 0.276 e. The maximum atomic E-state index is 10.8. The lowest BCUT2D eigenvalue weighted by atomic mass is 10.3. The fourth-order valence-corrected chi connectivity index (χ4v) is 1.44. The highest BCUT2D eigenvalue weighted by molar-refractivity contribution is 5.54. The number of nitrogens with one attached hydrogen (secondary N) is 2. The molecule has 1 aromatic heterocycles. The van der Waals surface area contributed by atoms with Crippen LogP contribution in [-0.2, 0) is 0 Å². The predicted octanol–water partition coefficient (Wildman–Crippen LogP) is 1.61. The van der Waals surface area contributed by atoms with E-state index in [9.17, 15) is 10.1 Å². The minimum Gasteiger partial charge on any atom is -0.396 e. The van der Waals surface area contributed by atoms with Crippen LogP contribution in [0.25, 0.3) is 0 Å². The van der Waals surface area contributed by atoms with Crippen molar-refractivity contribution < 1.29 is 10.0 Å². The monoisotopic (exact) mass is 254 g/mol. The number of aliphatic hydroxyl groups excluding tert-OH is 1. The Morgan fingerprint density at radius 3 is 2.56 bits per heavy atom. The number of aromatic nitrogens is 1. The van der Waals surface area contributed by atoms with Crippen LogP contribution in [0, 0.1) is 10.1 Å². The van der Waals surface area contributed by atoms with Crippen LogP contribution in [0.3, 0.4) is 0 Å². The van der Waals surface area contributed by atoms with Crippen molar-refractivity contribution in [1.82, 2.24) is 4.98 Å². The zero-order chi connectivity index (χ0) is 13.4. The molecule has 0 radical (unpaired) electrons. The van der Waals surface area contributed by atoms with Crippen LogP contribution in [0.4, 0.5) is 17.3 Å². The van der Waals surface area contributed by atoms with E-state index in [1.54, 1.807) is 0 Å². The predicted molar refractivity (Wildman–Crippen MR) is 69.9 cm³/mol. The van der Waals surface area contributed by atoms with Crippen molar-refractivity contribution in [1.29, 1.82) is 0 Å². The summed E-state index contributed by atoms with van der Waals surface area (Å²) in [6.45, 7) is 3.32.